The van der Waals surface area contributed by atoms with Crippen LogP contribution in [0, 0.1) is 6.92 Å². The summed E-state index contributed by atoms with van der Waals surface area (Å²) in [5.74, 6) is 0.183. The summed E-state index contributed by atoms with van der Waals surface area (Å²) in [4.78, 5) is 23.5. The molecular weight excluding hydrogens is 318 g/mol. The van der Waals surface area contributed by atoms with Crippen molar-refractivity contribution in [2.45, 2.75) is 39.2 Å². The Labute approximate surface area is 141 Å². The second kappa shape index (κ2) is 9.37. The van der Waals surface area contributed by atoms with Crippen LogP contribution in [0.5, 0.6) is 5.75 Å². The van der Waals surface area contributed by atoms with E-state index in [9.17, 15) is 9.59 Å². The normalized spacial score (nSPS) is 11.7. The fourth-order valence-electron chi connectivity index (χ4n) is 1.91. The quantitative estimate of drug-likeness (QED) is 0.676. The number of methoxy groups -OCH3 is 1. The summed E-state index contributed by atoms with van der Waals surface area (Å²) >= 11 is 6.02. The predicted molar refractivity (Wildman–Crippen MR) is 91.9 cm³/mol. The molecule has 0 aliphatic rings. The average Bonchev–Trinajstić information content (AvgIpc) is 2.48. The van der Waals surface area contributed by atoms with Crippen molar-refractivity contribution in [1.29, 1.82) is 0 Å². The smallest absolute Gasteiger partial charge is 0.226 e. The number of amides is 2. The first-order valence-electron chi connectivity index (χ1n) is 7.49. The minimum absolute atomic E-state index is 0.00958. The molecule has 1 rings (SSSR count). The van der Waals surface area contributed by atoms with E-state index in [1.807, 2.05) is 13.8 Å². The van der Waals surface area contributed by atoms with E-state index in [1.165, 1.54) is 7.11 Å². The van der Waals surface area contributed by atoms with Crippen molar-refractivity contribution in [2.75, 3.05) is 19.0 Å². The lowest BCUT2D eigenvalue weighted by atomic mass is 10.2. The molecule has 128 valence electrons. The molecule has 2 amide bonds. The third kappa shape index (κ3) is 6.88. The molecule has 0 aliphatic carbocycles. The number of nitrogens with one attached hydrogen (secondary N) is 2. The van der Waals surface area contributed by atoms with Gasteiger partial charge in [-0.2, -0.15) is 0 Å². The number of aryl methyl sites for hydroxylation is 1. The van der Waals surface area contributed by atoms with Gasteiger partial charge in [0, 0.05) is 36.5 Å². The molecule has 0 heterocycles. The Morgan fingerprint density at radius 2 is 2.00 bits per heavy atom. The number of anilines is 1. The van der Waals surface area contributed by atoms with Gasteiger partial charge < -0.3 is 21.1 Å². The van der Waals surface area contributed by atoms with E-state index in [0.717, 1.165) is 5.56 Å². The Balaban J connectivity index is 2.45. The minimum Gasteiger partial charge on any atom is -0.495 e. The number of carbonyl (C=O) groups excluding carboxylic acids is 2. The molecule has 1 aromatic rings. The van der Waals surface area contributed by atoms with Crippen LogP contribution in [0.2, 0.25) is 5.02 Å². The Morgan fingerprint density at radius 1 is 1.30 bits per heavy atom. The topological polar surface area (TPSA) is 93.5 Å². The van der Waals surface area contributed by atoms with Gasteiger partial charge in [0.15, 0.2) is 0 Å². The average molecular weight is 342 g/mol. The maximum Gasteiger partial charge on any atom is 0.226 e. The minimum atomic E-state index is -0.211. The van der Waals surface area contributed by atoms with Crippen LogP contribution < -0.4 is 21.1 Å². The lowest BCUT2D eigenvalue weighted by molar-refractivity contribution is -0.121. The summed E-state index contributed by atoms with van der Waals surface area (Å²) in [5.41, 5.74) is 6.99. The molecule has 0 spiro atoms. The molecule has 0 bridgehead atoms. The Morgan fingerprint density at radius 3 is 2.61 bits per heavy atom. The van der Waals surface area contributed by atoms with E-state index in [2.05, 4.69) is 10.6 Å². The molecule has 0 aromatic heterocycles. The molecule has 0 aliphatic heterocycles. The highest BCUT2D eigenvalue weighted by atomic mass is 35.5. The lowest BCUT2D eigenvalue weighted by Crippen LogP contribution is -2.29. The number of hydrogen-bond acceptors (Lipinski definition) is 4. The third-order valence-electron chi connectivity index (χ3n) is 3.26. The Hall–Kier alpha value is -1.79. The molecular formula is C16H24ClN3O3. The number of ether oxygens (including phenoxy) is 1. The first-order chi connectivity index (χ1) is 10.8. The van der Waals surface area contributed by atoms with Crippen molar-refractivity contribution in [3.05, 3.63) is 22.7 Å². The monoisotopic (exact) mass is 341 g/mol. The predicted octanol–water partition coefficient (Wildman–Crippen LogP) is 2.23. The zero-order chi connectivity index (χ0) is 17.4. The molecule has 0 saturated carbocycles. The fraction of sp³-hybridized carbons (Fsp3) is 0.500. The van der Waals surface area contributed by atoms with Crippen LogP contribution in [0.3, 0.4) is 0 Å². The molecule has 0 radical (unpaired) electrons. The van der Waals surface area contributed by atoms with Crippen molar-refractivity contribution in [1.82, 2.24) is 5.32 Å². The molecule has 0 fully saturated rings. The van der Waals surface area contributed by atoms with Crippen LogP contribution >= 0.6 is 11.6 Å². The van der Waals surface area contributed by atoms with Crippen LogP contribution in [0.1, 0.15) is 31.7 Å². The summed E-state index contributed by atoms with van der Waals surface area (Å²) in [6.45, 7) is 3.97. The van der Waals surface area contributed by atoms with Gasteiger partial charge in [-0.3, -0.25) is 9.59 Å². The zero-order valence-corrected chi connectivity index (χ0v) is 14.5. The second-order valence-corrected chi connectivity index (χ2v) is 5.87. The van der Waals surface area contributed by atoms with E-state index in [-0.39, 0.29) is 30.8 Å². The number of hydrogen-bond donors (Lipinski definition) is 3. The molecule has 1 atom stereocenters. The number of carbonyl (C=O) groups is 2. The Bertz CT molecular complexity index is 562. The first-order valence-corrected chi connectivity index (χ1v) is 7.87. The third-order valence-corrected chi connectivity index (χ3v) is 3.66. The fourth-order valence-corrected chi connectivity index (χ4v) is 2.06. The van der Waals surface area contributed by atoms with Crippen LogP contribution in [-0.2, 0) is 9.59 Å². The van der Waals surface area contributed by atoms with E-state index >= 15 is 0 Å². The highest BCUT2D eigenvalue weighted by Gasteiger charge is 2.11. The summed E-state index contributed by atoms with van der Waals surface area (Å²) in [6, 6.07) is 3.40. The number of nitrogens with two attached hydrogens (primary N) is 1. The van der Waals surface area contributed by atoms with Gasteiger partial charge >= 0.3 is 0 Å². The molecule has 1 unspecified atom stereocenters. The van der Waals surface area contributed by atoms with Crippen LogP contribution in [0.4, 0.5) is 5.69 Å². The molecule has 7 heteroatoms. The largest absolute Gasteiger partial charge is 0.495 e. The number of halogens is 1. The van der Waals surface area contributed by atoms with E-state index in [0.29, 0.717) is 29.3 Å². The molecule has 23 heavy (non-hydrogen) atoms. The number of benzene rings is 1. The molecule has 6 nitrogen and oxygen atoms in total. The van der Waals surface area contributed by atoms with Gasteiger partial charge in [-0.15, -0.1) is 0 Å². The van der Waals surface area contributed by atoms with Crippen molar-refractivity contribution >= 4 is 29.1 Å². The van der Waals surface area contributed by atoms with Gasteiger partial charge in [0.05, 0.1) is 12.8 Å². The highest BCUT2D eigenvalue weighted by molar-refractivity contribution is 6.31. The highest BCUT2D eigenvalue weighted by Crippen LogP contribution is 2.30. The zero-order valence-electron chi connectivity index (χ0n) is 13.7. The molecule has 1 aromatic carbocycles. The van der Waals surface area contributed by atoms with Gasteiger partial charge in [0.2, 0.25) is 11.8 Å². The molecule has 0 saturated heterocycles. The van der Waals surface area contributed by atoms with Crippen LogP contribution in [-0.4, -0.2) is 31.5 Å². The second-order valence-electron chi connectivity index (χ2n) is 5.47. The SMILES string of the molecule is COc1cc(Cl)c(C)cc1NC(=O)CCNC(=O)CCC(C)N. The van der Waals surface area contributed by atoms with Gasteiger partial charge in [-0.25, -0.2) is 0 Å². The van der Waals surface area contributed by atoms with Crippen molar-refractivity contribution in [3.8, 4) is 5.75 Å². The van der Waals surface area contributed by atoms with Crippen molar-refractivity contribution < 1.29 is 14.3 Å². The summed E-state index contributed by atoms with van der Waals surface area (Å²) < 4.78 is 5.20. The first kappa shape index (κ1) is 19.3. The Kier molecular flexibility index (Phi) is 7.85. The number of rotatable bonds is 8. The summed E-state index contributed by atoms with van der Waals surface area (Å²) in [7, 11) is 1.51. The summed E-state index contributed by atoms with van der Waals surface area (Å²) in [6.07, 6.45) is 1.16. The van der Waals surface area contributed by atoms with Gasteiger partial charge in [-0.05, 0) is 31.9 Å². The van der Waals surface area contributed by atoms with Gasteiger partial charge in [0.1, 0.15) is 5.75 Å². The van der Waals surface area contributed by atoms with Gasteiger partial charge in [-0.1, -0.05) is 11.6 Å². The maximum atomic E-state index is 12.0. The van der Waals surface area contributed by atoms with Crippen LogP contribution in [0.25, 0.3) is 0 Å². The van der Waals surface area contributed by atoms with E-state index in [1.54, 1.807) is 12.1 Å². The maximum absolute atomic E-state index is 12.0. The van der Waals surface area contributed by atoms with E-state index in [4.69, 9.17) is 22.1 Å². The van der Waals surface area contributed by atoms with Crippen molar-refractivity contribution in [2.24, 2.45) is 5.73 Å². The van der Waals surface area contributed by atoms with Crippen molar-refractivity contribution in [3.63, 3.8) is 0 Å². The van der Waals surface area contributed by atoms with Crippen LogP contribution in [0.15, 0.2) is 12.1 Å². The summed E-state index contributed by atoms with van der Waals surface area (Å²) in [5, 5.41) is 6.03. The molecule has 4 N–H and O–H groups in total. The lowest BCUT2D eigenvalue weighted by Gasteiger charge is -2.12. The van der Waals surface area contributed by atoms with Gasteiger partial charge in [0.25, 0.3) is 0 Å². The van der Waals surface area contributed by atoms with E-state index < -0.39 is 0 Å². The standard InChI is InChI=1S/C16H24ClN3O3/c1-10-8-13(14(23-3)9-12(10)17)20-16(22)6-7-19-15(21)5-4-11(2)18/h8-9,11H,4-7,18H2,1-3H3,(H,19,21)(H,20,22).